The number of nitrogens with one attached hydrogen (secondary N) is 3. The van der Waals surface area contributed by atoms with Gasteiger partial charge in [0.2, 0.25) is 17.7 Å². The third-order valence-electron chi connectivity index (χ3n) is 6.03. The van der Waals surface area contributed by atoms with E-state index in [1.807, 2.05) is 6.07 Å². The molecule has 14 N–H and O–H groups in total. The molecule has 3 amide bonds. The van der Waals surface area contributed by atoms with Crippen LogP contribution in [-0.4, -0.2) is 78.0 Å². The fourth-order valence-corrected chi connectivity index (χ4v) is 3.80. The Morgan fingerprint density at radius 2 is 1.29 bits per heavy atom. The fraction of sp³-hybridized carbons (Fsp3) is 0.538. The summed E-state index contributed by atoms with van der Waals surface area (Å²) in [7, 11) is 0. The molecule has 4 unspecified atom stereocenters. The van der Waals surface area contributed by atoms with E-state index in [2.05, 4.69) is 25.9 Å². The third-order valence-corrected chi connectivity index (χ3v) is 6.03. The summed E-state index contributed by atoms with van der Waals surface area (Å²) in [4.78, 5) is 58.9. The number of carbonyl (C=O) groups is 4. The zero-order valence-electron chi connectivity index (χ0n) is 23.6. The van der Waals surface area contributed by atoms with Crippen LogP contribution in [0.2, 0.25) is 0 Å². The van der Waals surface area contributed by atoms with E-state index in [0.29, 0.717) is 19.4 Å². The highest BCUT2D eigenvalue weighted by molar-refractivity contribution is 5.94. The second kappa shape index (κ2) is 18.0. The van der Waals surface area contributed by atoms with Gasteiger partial charge in [-0.05, 0) is 37.2 Å². The van der Waals surface area contributed by atoms with Gasteiger partial charge < -0.3 is 49.7 Å². The van der Waals surface area contributed by atoms with Crippen LogP contribution >= 0.6 is 0 Å². The van der Waals surface area contributed by atoms with Crippen LogP contribution in [0.25, 0.3) is 0 Å². The lowest BCUT2D eigenvalue weighted by Crippen LogP contribution is -2.58. The lowest BCUT2D eigenvalue weighted by molar-refractivity contribution is -0.143. The van der Waals surface area contributed by atoms with Crippen molar-refractivity contribution in [1.29, 1.82) is 0 Å². The van der Waals surface area contributed by atoms with Crippen molar-refractivity contribution in [2.75, 3.05) is 13.1 Å². The molecule has 15 nitrogen and oxygen atoms in total. The van der Waals surface area contributed by atoms with Crippen LogP contribution in [0, 0.1) is 5.92 Å². The summed E-state index contributed by atoms with van der Waals surface area (Å²) in [5.41, 5.74) is 28.1. The molecule has 41 heavy (non-hydrogen) atoms. The summed E-state index contributed by atoms with van der Waals surface area (Å²) in [6.07, 6.45) is 1.25. The van der Waals surface area contributed by atoms with Crippen molar-refractivity contribution in [3.8, 4) is 0 Å². The first-order chi connectivity index (χ1) is 19.3. The van der Waals surface area contributed by atoms with Gasteiger partial charge in [0, 0.05) is 19.5 Å². The van der Waals surface area contributed by atoms with E-state index in [4.69, 9.17) is 28.7 Å². The fourth-order valence-electron chi connectivity index (χ4n) is 3.80. The van der Waals surface area contributed by atoms with E-state index in [9.17, 15) is 24.3 Å². The topological polar surface area (TPSA) is 279 Å². The molecule has 0 bridgehead atoms. The highest BCUT2D eigenvalue weighted by Crippen LogP contribution is 2.08. The number of benzene rings is 1. The van der Waals surface area contributed by atoms with E-state index in [0.717, 1.165) is 5.56 Å². The molecule has 15 heteroatoms. The Hall–Kier alpha value is -4.40. The van der Waals surface area contributed by atoms with Gasteiger partial charge in [-0.15, -0.1) is 0 Å². The van der Waals surface area contributed by atoms with Crippen LogP contribution in [-0.2, 0) is 25.6 Å². The molecule has 1 rings (SSSR count). The van der Waals surface area contributed by atoms with E-state index in [1.54, 1.807) is 38.1 Å². The predicted molar refractivity (Wildman–Crippen MR) is 156 cm³/mol. The SMILES string of the molecule is CC(C)C(NC(=O)C(CCCN=C(N)N)NC(=O)C(Cc1ccccc1)NC(=O)C(N)CCCN=C(N)N)C(=O)O. The quantitative estimate of drug-likeness (QED) is 0.0519. The second-order valence-corrected chi connectivity index (χ2v) is 9.88. The van der Waals surface area contributed by atoms with Crippen molar-refractivity contribution in [3.05, 3.63) is 35.9 Å². The standard InChI is InChI=1S/C26H44N10O5/c1-15(2)20(24(40)41)36-22(38)18(11-7-13-33-26(30)31)34-23(39)19(14-16-8-4-3-5-9-16)35-21(37)17(27)10-6-12-32-25(28)29/h3-5,8-9,15,17-20H,6-7,10-14,27H2,1-2H3,(H,34,39)(H,35,37)(H,36,38)(H,40,41)(H4,28,29,32)(H4,30,31,33). The molecule has 0 spiro atoms. The molecule has 0 aromatic heterocycles. The number of carboxylic acid groups (broad SMARTS) is 1. The van der Waals surface area contributed by atoms with Gasteiger partial charge in [-0.25, -0.2) is 4.79 Å². The second-order valence-electron chi connectivity index (χ2n) is 9.88. The minimum atomic E-state index is -1.21. The summed E-state index contributed by atoms with van der Waals surface area (Å²) in [5, 5.41) is 17.3. The van der Waals surface area contributed by atoms with Crippen LogP contribution in [0.1, 0.15) is 45.1 Å². The molecule has 0 fully saturated rings. The number of amides is 3. The molecule has 0 radical (unpaired) electrons. The molecule has 4 atom stereocenters. The van der Waals surface area contributed by atoms with Gasteiger partial charge in [-0.3, -0.25) is 24.4 Å². The molecule has 0 aliphatic carbocycles. The van der Waals surface area contributed by atoms with Crippen LogP contribution in [0.5, 0.6) is 0 Å². The molecule has 1 aromatic carbocycles. The minimum Gasteiger partial charge on any atom is -0.480 e. The highest BCUT2D eigenvalue weighted by atomic mass is 16.4. The Morgan fingerprint density at radius 1 is 0.780 bits per heavy atom. The Morgan fingerprint density at radius 3 is 1.80 bits per heavy atom. The summed E-state index contributed by atoms with van der Waals surface area (Å²) in [6.45, 7) is 3.78. The number of nitrogens with two attached hydrogens (primary N) is 5. The number of nitrogens with zero attached hydrogens (tertiary/aromatic N) is 2. The third kappa shape index (κ3) is 14.0. The molecule has 0 saturated carbocycles. The zero-order chi connectivity index (χ0) is 30.9. The van der Waals surface area contributed by atoms with E-state index in [-0.39, 0.29) is 37.7 Å². The molecule has 228 valence electrons. The molecule has 1 aromatic rings. The minimum absolute atomic E-state index is 0.0671. The Kier molecular flexibility index (Phi) is 15.2. The van der Waals surface area contributed by atoms with Crippen LogP contribution < -0.4 is 44.6 Å². The number of carbonyl (C=O) groups excluding carboxylic acids is 3. The lowest BCUT2D eigenvalue weighted by Gasteiger charge is -2.26. The van der Waals surface area contributed by atoms with Crippen molar-refractivity contribution >= 4 is 35.6 Å². The largest absolute Gasteiger partial charge is 0.480 e. The Labute approximate surface area is 239 Å². The predicted octanol–water partition coefficient (Wildman–Crippen LogP) is -2.14. The maximum absolute atomic E-state index is 13.5. The molecular weight excluding hydrogens is 532 g/mol. The normalized spacial score (nSPS) is 13.7. The summed E-state index contributed by atoms with van der Waals surface area (Å²) in [5.74, 6) is -3.71. The number of aliphatic carboxylic acids is 1. The number of aliphatic imine (C=N–C) groups is 2. The van der Waals surface area contributed by atoms with Gasteiger partial charge in [-0.2, -0.15) is 0 Å². The number of carboxylic acids is 1. The van der Waals surface area contributed by atoms with Crippen molar-refractivity contribution in [3.63, 3.8) is 0 Å². The van der Waals surface area contributed by atoms with Crippen molar-refractivity contribution < 1.29 is 24.3 Å². The maximum Gasteiger partial charge on any atom is 0.326 e. The van der Waals surface area contributed by atoms with Crippen molar-refractivity contribution in [1.82, 2.24) is 16.0 Å². The molecule has 0 saturated heterocycles. The van der Waals surface area contributed by atoms with Gasteiger partial charge in [0.15, 0.2) is 11.9 Å². The maximum atomic E-state index is 13.5. The van der Waals surface area contributed by atoms with Crippen molar-refractivity contribution in [2.45, 2.75) is 70.1 Å². The van der Waals surface area contributed by atoms with Crippen molar-refractivity contribution in [2.24, 2.45) is 44.6 Å². The molecular formula is C26H44N10O5. The molecule has 0 aliphatic rings. The molecule has 0 heterocycles. The van der Waals surface area contributed by atoms with Gasteiger partial charge in [0.1, 0.15) is 18.1 Å². The van der Waals surface area contributed by atoms with E-state index >= 15 is 0 Å². The van der Waals surface area contributed by atoms with E-state index in [1.165, 1.54) is 0 Å². The number of guanidine groups is 2. The molecule has 0 aliphatic heterocycles. The smallest absolute Gasteiger partial charge is 0.326 e. The van der Waals surface area contributed by atoms with E-state index < -0.39 is 53.8 Å². The number of hydrogen-bond donors (Lipinski definition) is 9. The zero-order valence-corrected chi connectivity index (χ0v) is 23.6. The van der Waals surface area contributed by atoms with Gasteiger partial charge >= 0.3 is 5.97 Å². The highest BCUT2D eigenvalue weighted by Gasteiger charge is 2.31. The first kappa shape index (κ1) is 34.6. The average molecular weight is 577 g/mol. The Bertz CT molecular complexity index is 1060. The van der Waals surface area contributed by atoms with Gasteiger partial charge in [0.05, 0.1) is 6.04 Å². The first-order valence-corrected chi connectivity index (χ1v) is 13.4. The lowest BCUT2D eigenvalue weighted by atomic mass is 10.0. The monoisotopic (exact) mass is 576 g/mol. The summed E-state index contributed by atoms with van der Waals surface area (Å²) >= 11 is 0. The number of hydrogen-bond acceptors (Lipinski definition) is 7. The summed E-state index contributed by atoms with van der Waals surface area (Å²) in [6, 6.07) is 4.67. The van der Waals surface area contributed by atoms with Crippen LogP contribution in [0.3, 0.4) is 0 Å². The van der Waals surface area contributed by atoms with Gasteiger partial charge in [-0.1, -0.05) is 44.2 Å². The van der Waals surface area contributed by atoms with Gasteiger partial charge in [0.25, 0.3) is 0 Å². The average Bonchev–Trinajstić information content (AvgIpc) is 2.90. The Balaban J connectivity index is 3.11. The summed E-state index contributed by atoms with van der Waals surface area (Å²) < 4.78 is 0. The first-order valence-electron chi connectivity index (χ1n) is 13.4. The number of rotatable bonds is 18. The van der Waals surface area contributed by atoms with Crippen LogP contribution in [0.15, 0.2) is 40.3 Å². The van der Waals surface area contributed by atoms with Crippen LogP contribution in [0.4, 0.5) is 0 Å².